The average Bonchev–Trinajstić information content (AvgIpc) is 3.31. The summed E-state index contributed by atoms with van der Waals surface area (Å²) in [5, 5.41) is 14.6. The maximum atomic E-state index is 13.3. The fourth-order valence-corrected chi connectivity index (χ4v) is 3.30. The van der Waals surface area contributed by atoms with Gasteiger partial charge in [0, 0.05) is 12.6 Å². The molecule has 5 nitrogen and oxygen atoms in total. The molecule has 0 saturated heterocycles. The van der Waals surface area contributed by atoms with Crippen LogP contribution in [0.1, 0.15) is 35.9 Å². The average molecular weight is 347 g/mol. The Bertz CT molecular complexity index is 796. The first kappa shape index (κ1) is 16.2. The standard InChI is InChI=1S/C18H19F2N3O2/c19-13-5-11(6-14(20)8-13)7-17(24)22-3-4-23-15(10-22)9-16(21-23)18(25)12-1-2-12/h5-6,8-9,12,18,25H,1-4,7,10H2/t18-/m1/s1. The van der Waals surface area contributed by atoms with Crippen LogP contribution in [0.15, 0.2) is 24.3 Å². The van der Waals surface area contributed by atoms with Crippen molar-refractivity contribution in [2.24, 2.45) is 5.92 Å². The molecule has 1 saturated carbocycles. The van der Waals surface area contributed by atoms with E-state index in [-0.39, 0.29) is 12.3 Å². The van der Waals surface area contributed by atoms with E-state index in [1.54, 1.807) is 4.90 Å². The molecule has 132 valence electrons. The van der Waals surface area contributed by atoms with Crippen LogP contribution >= 0.6 is 0 Å². The third kappa shape index (κ3) is 3.42. The number of rotatable bonds is 4. The number of aliphatic hydroxyl groups excluding tert-OH is 1. The molecule has 2 heterocycles. The van der Waals surface area contributed by atoms with Crippen LogP contribution in [-0.4, -0.2) is 32.2 Å². The smallest absolute Gasteiger partial charge is 0.227 e. The number of hydrogen-bond acceptors (Lipinski definition) is 3. The molecule has 1 amide bonds. The SMILES string of the molecule is O=C(Cc1cc(F)cc(F)c1)N1CCn2nc([C@H](O)C3CC3)cc2C1. The number of amides is 1. The van der Waals surface area contributed by atoms with Gasteiger partial charge in [-0.15, -0.1) is 0 Å². The van der Waals surface area contributed by atoms with Crippen molar-refractivity contribution in [1.29, 1.82) is 0 Å². The molecule has 1 aromatic carbocycles. The molecule has 0 unspecified atom stereocenters. The van der Waals surface area contributed by atoms with Gasteiger partial charge >= 0.3 is 0 Å². The highest BCUT2D eigenvalue weighted by Gasteiger charge is 2.33. The van der Waals surface area contributed by atoms with Crippen LogP contribution in [0.3, 0.4) is 0 Å². The third-order valence-corrected chi connectivity index (χ3v) is 4.82. The molecule has 2 aliphatic rings. The number of hydrogen-bond donors (Lipinski definition) is 1. The number of aromatic nitrogens is 2. The molecular weight excluding hydrogens is 328 g/mol. The predicted molar refractivity (Wildman–Crippen MR) is 85.4 cm³/mol. The molecule has 1 atom stereocenters. The highest BCUT2D eigenvalue weighted by atomic mass is 19.1. The van der Waals surface area contributed by atoms with Crippen molar-refractivity contribution in [2.75, 3.05) is 6.54 Å². The Morgan fingerprint density at radius 2 is 1.92 bits per heavy atom. The van der Waals surface area contributed by atoms with E-state index in [0.29, 0.717) is 36.8 Å². The molecule has 1 fully saturated rings. The Balaban J connectivity index is 1.45. The quantitative estimate of drug-likeness (QED) is 0.922. The monoisotopic (exact) mass is 347 g/mol. The van der Waals surface area contributed by atoms with Gasteiger partial charge in [0.1, 0.15) is 17.7 Å². The minimum Gasteiger partial charge on any atom is -0.386 e. The molecule has 2 aromatic rings. The van der Waals surface area contributed by atoms with Gasteiger partial charge in [0.25, 0.3) is 0 Å². The van der Waals surface area contributed by atoms with E-state index >= 15 is 0 Å². The van der Waals surface area contributed by atoms with Crippen molar-refractivity contribution in [2.45, 2.75) is 38.5 Å². The van der Waals surface area contributed by atoms with E-state index in [4.69, 9.17) is 0 Å². The highest BCUT2D eigenvalue weighted by molar-refractivity contribution is 5.78. The van der Waals surface area contributed by atoms with Crippen LogP contribution in [0.25, 0.3) is 0 Å². The summed E-state index contributed by atoms with van der Waals surface area (Å²) in [6.07, 6.45) is 1.48. The molecule has 4 rings (SSSR count). The van der Waals surface area contributed by atoms with Gasteiger partial charge in [0.2, 0.25) is 5.91 Å². The predicted octanol–water partition coefficient (Wildman–Crippen LogP) is 2.19. The Labute approximate surface area is 143 Å². The topological polar surface area (TPSA) is 58.4 Å². The van der Waals surface area contributed by atoms with Crippen molar-refractivity contribution in [3.8, 4) is 0 Å². The molecule has 1 aliphatic carbocycles. The Morgan fingerprint density at radius 3 is 2.60 bits per heavy atom. The van der Waals surface area contributed by atoms with Crippen LogP contribution in [0.5, 0.6) is 0 Å². The van der Waals surface area contributed by atoms with Gasteiger partial charge in [-0.3, -0.25) is 9.48 Å². The number of nitrogens with zero attached hydrogens (tertiary/aromatic N) is 3. The Hall–Kier alpha value is -2.28. The lowest BCUT2D eigenvalue weighted by atomic mass is 10.1. The van der Waals surface area contributed by atoms with Crippen molar-refractivity contribution in [3.05, 3.63) is 52.9 Å². The van der Waals surface area contributed by atoms with Crippen molar-refractivity contribution >= 4 is 5.91 Å². The summed E-state index contributed by atoms with van der Waals surface area (Å²) in [6, 6.07) is 5.00. The first-order valence-electron chi connectivity index (χ1n) is 8.47. The summed E-state index contributed by atoms with van der Waals surface area (Å²) in [5.41, 5.74) is 1.87. The van der Waals surface area contributed by atoms with Crippen LogP contribution in [-0.2, 0) is 24.3 Å². The zero-order chi connectivity index (χ0) is 17.6. The van der Waals surface area contributed by atoms with E-state index in [1.165, 1.54) is 12.1 Å². The van der Waals surface area contributed by atoms with Gasteiger partial charge in [0.05, 0.1) is 30.9 Å². The Morgan fingerprint density at radius 1 is 1.20 bits per heavy atom. The van der Waals surface area contributed by atoms with Crippen LogP contribution in [0.2, 0.25) is 0 Å². The molecule has 0 radical (unpaired) electrons. The lowest BCUT2D eigenvalue weighted by Gasteiger charge is -2.27. The zero-order valence-electron chi connectivity index (χ0n) is 13.7. The second kappa shape index (κ2) is 6.22. The Kier molecular flexibility index (Phi) is 4.03. The van der Waals surface area contributed by atoms with E-state index in [2.05, 4.69) is 5.10 Å². The molecule has 1 N–H and O–H groups in total. The number of fused-ring (bicyclic) bond motifs is 1. The first-order valence-corrected chi connectivity index (χ1v) is 8.47. The van der Waals surface area contributed by atoms with Crippen LogP contribution in [0.4, 0.5) is 8.78 Å². The first-order chi connectivity index (χ1) is 12.0. The fourth-order valence-electron chi connectivity index (χ4n) is 3.30. The molecule has 7 heteroatoms. The minimum atomic E-state index is -0.682. The van der Waals surface area contributed by atoms with Crippen molar-refractivity contribution in [1.82, 2.24) is 14.7 Å². The molecule has 1 aliphatic heterocycles. The molecule has 1 aromatic heterocycles. The zero-order valence-corrected chi connectivity index (χ0v) is 13.7. The van der Waals surface area contributed by atoms with E-state index in [0.717, 1.165) is 24.6 Å². The van der Waals surface area contributed by atoms with Crippen LogP contribution < -0.4 is 0 Å². The summed E-state index contributed by atoms with van der Waals surface area (Å²) in [7, 11) is 0. The lowest BCUT2D eigenvalue weighted by Crippen LogP contribution is -2.39. The number of carbonyl (C=O) groups is 1. The highest BCUT2D eigenvalue weighted by Crippen LogP contribution is 2.40. The second-order valence-electron chi connectivity index (χ2n) is 6.84. The fraction of sp³-hybridized carbons (Fsp3) is 0.444. The second-order valence-corrected chi connectivity index (χ2v) is 6.84. The van der Waals surface area contributed by atoms with E-state index < -0.39 is 17.7 Å². The van der Waals surface area contributed by atoms with Gasteiger partial charge in [0.15, 0.2) is 0 Å². The molecule has 0 spiro atoms. The van der Waals surface area contributed by atoms with Gasteiger partial charge in [-0.2, -0.15) is 5.10 Å². The number of aliphatic hydroxyl groups is 1. The number of halogens is 2. The van der Waals surface area contributed by atoms with Gasteiger partial charge in [-0.1, -0.05) is 0 Å². The number of carbonyl (C=O) groups excluding carboxylic acids is 1. The maximum Gasteiger partial charge on any atom is 0.227 e. The summed E-state index contributed by atoms with van der Waals surface area (Å²) in [6.45, 7) is 1.43. The maximum absolute atomic E-state index is 13.3. The third-order valence-electron chi connectivity index (χ3n) is 4.82. The summed E-state index contributed by atoms with van der Waals surface area (Å²) in [4.78, 5) is 14.1. The van der Waals surface area contributed by atoms with Crippen molar-refractivity contribution in [3.63, 3.8) is 0 Å². The number of benzene rings is 1. The molecule has 0 bridgehead atoms. The summed E-state index contributed by atoms with van der Waals surface area (Å²) < 4.78 is 28.4. The van der Waals surface area contributed by atoms with Crippen LogP contribution in [0, 0.1) is 17.6 Å². The van der Waals surface area contributed by atoms with Gasteiger partial charge in [-0.05, 0) is 42.5 Å². The largest absolute Gasteiger partial charge is 0.386 e. The van der Waals surface area contributed by atoms with Gasteiger partial charge in [-0.25, -0.2) is 8.78 Å². The van der Waals surface area contributed by atoms with Crippen molar-refractivity contribution < 1.29 is 18.7 Å². The lowest BCUT2D eigenvalue weighted by molar-refractivity contribution is -0.132. The summed E-state index contributed by atoms with van der Waals surface area (Å²) >= 11 is 0. The van der Waals surface area contributed by atoms with Gasteiger partial charge < -0.3 is 10.0 Å². The molecule has 25 heavy (non-hydrogen) atoms. The molecular formula is C18H19F2N3O2. The minimum absolute atomic E-state index is 0.0413. The normalized spacial score (nSPS) is 18.1. The summed E-state index contributed by atoms with van der Waals surface area (Å²) in [5.74, 6) is -1.24. The van der Waals surface area contributed by atoms with E-state index in [9.17, 15) is 18.7 Å². The van der Waals surface area contributed by atoms with E-state index in [1.807, 2.05) is 10.7 Å².